The summed E-state index contributed by atoms with van der Waals surface area (Å²) in [7, 11) is 0. The van der Waals surface area contributed by atoms with Gasteiger partial charge in [-0.25, -0.2) is 4.98 Å². The lowest BCUT2D eigenvalue weighted by Gasteiger charge is -2.31. The highest BCUT2D eigenvalue weighted by molar-refractivity contribution is 5.94. The van der Waals surface area contributed by atoms with E-state index in [-0.39, 0.29) is 24.7 Å². The molecule has 0 bridgehead atoms. The number of rotatable bonds is 6. The first kappa shape index (κ1) is 16.8. The number of nitrogen functional groups attached to an aromatic ring is 1. The highest BCUT2D eigenvalue weighted by Crippen LogP contribution is 2.27. The van der Waals surface area contributed by atoms with Gasteiger partial charge in [0, 0.05) is 30.8 Å². The van der Waals surface area contributed by atoms with Gasteiger partial charge in [-0.05, 0) is 30.2 Å². The number of aromatic nitrogens is 5. The monoisotopic (exact) mass is 344 g/mol. The Kier molecular flexibility index (Phi) is 4.87. The number of carbonyl (C=O) groups is 1. The van der Waals surface area contributed by atoms with Crippen LogP contribution in [0.2, 0.25) is 0 Å². The van der Waals surface area contributed by atoms with E-state index in [1.165, 1.54) is 4.80 Å². The molecule has 0 radical (unpaired) electrons. The zero-order chi connectivity index (χ0) is 17.8. The molecule has 1 aliphatic rings. The average Bonchev–Trinajstić information content (AvgIpc) is 3.09. The van der Waals surface area contributed by atoms with E-state index in [2.05, 4.69) is 25.3 Å². The number of hydrogen-bond acceptors (Lipinski definition) is 7. The molecule has 4 N–H and O–H groups in total. The molecule has 3 rings (SSSR count). The van der Waals surface area contributed by atoms with Crippen molar-refractivity contribution in [1.82, 2.24) is 25.2 Å². The van der Waals surface area contributed by atoms with Crippen molar-refractivity contribution in [2.45, 2.75) is 31.7 Å². The molecule has 0 aromatic carbocycles. The van der Waals surface area contributed by atoms with Crippen LogP contribution in [0, 0.1) is 5.41 Å². The quantitative estimate of drug-likeness (QED) is 0.498. The summed E-state index contributed by atoms with van der Waals surface area (Å²) in [6.07, 6.45) is 3.34. The number of anilines is 1. The number of amidine groups is 1. The molecule has 25 heavy (non-hydrogen) atoms. The summed E-state index contributed by atoms with van der Waals surface area (Å²) in [6.45, 7) is 1.87. The van der Waals surface area contributed by atoms with Crippen LogP contribution >= 0.6 is 0 Å². The summed E-state index contributed by atoms with van der Waals surface area (Å²) in [5, 5.41) is 28.4. The van der Waals surface area contributed by atoms with Crippen LogP contribution in [0.25, 0.3) is 0 Å². The molecule has 0 spiro atoms. The van der Waals surface area contributed by atoms with Crippen molar-refractivity contribution in [2.24, 2.45) is 5.73 Å². The molecule has 2 aromatic rings. The maximum absolute atomic E-state index is 10.6. The van der Waals surface area contributed by atoms with E-state index in [4.69, 9.17) is 16.2 Å². The first-order valence-electron chi connectivity index (χ1n) is 8.08. The molecular weight excluding hydrogens is 324 g/mol. The lowest BCUT2D eigenvalue weighted by Crippen LogP contribution is -2.33. The number of pyridine rings is 1. The van der Waals surface area contributed by atoms with Gasteiger partial charge in [0.15, 0.2) is 5.82 Å². The fraction of sp³-hybridized carbons (Fsp3) is 0.467. The zero-order valence-electron chi connectivity index (χ0n) is 13.7. The van der Waals surface area contributed by atoms with Gasteiger partial charge in [0.05, 0.1) is 13.0 Å². The van der Waals surface area contributed by atoms with Crippen molar-refractivity contribution in [3.05, 3.63) is 29.7 Å². The molecule has 132 valence electrons. The fourth-order valence-electron chi connectivity index (χ4n) is 2.81. The number of carboxylic acid groups (broad SMARTS) is 1. The topological polar surface area (TPSA) is 147 Å². The standard InChI is InChI=1S/C15H20N8O2/c16-14(17)11-1-2-12(18-9-11)22-6-3-10(4-7-22)15-19-21-23(20-15)8-5-13(24)25/h1-2,9-10H,3-8H2,(H3,16,17)(H,24,25). The molecule has 1 fully saturated rings. The average molecular weight is 344 g/mol. The van der Waals surface area contributed by atoms with Crippen LogP contribution in [-0.4, -0.2) is 55.2 Å². The second kappa shape index (κ2) is 7.24. The van der Waals surface area contributed by atoms with Crippen molar-refractivity contribution in [2.75, 3.05) is 18.0 Å². The van der Waals surface area contributed by atoms with E-state index in [1.807, 2.05) is 6.07 Å². The lowest BCUT2D eigenvalue weighted by molar-refractivity contribution is -0.137. The molecular formula is C15H20N8O2. The van der Waals surface area contributed by atoms with Gasteiger partial charge in [-0.3, -0.25) is 10.2 Å². The predicted octanol–water partition coefficient (Wildman–Crippen LogP) is 0.211. The first-order valence-corrected chi connectivity index (χ1v) is 8.08. The van der Waals surface area contributed by atoms with Gasteiger partial charge < -0.3 is 15.7 Å². The van der Waals surface area contributed by atoms with E-state index in [1.54, 1.807) is 12.3 Å². The van der Waals surface area contributed by atoms with E-state index in [0.29, 0.717) is 11.4 Å². The molecule has 1 saturated heterocycles. The number of tetrazole rings is 1. The molecule has 10 heteroatoms. The number of hydrogen-bond donors (Lipinski definition) is 3. The Hall–Kier alpha value is -3.04. The lowest BCUT2D eigenvalue weighted by atomic mass is 9.96. The Morgan fingerprint density at radius 3 is 2.72 bits per heavy atom. The highest BCUT2D eigenvalue weighted by Gasteiger charge is 2.25. The van der Waals surface area contributed by atoms with Crippen LogP contribution < -0.4 is 10.6 Å². The van der Waals surface area contributed by atoms with Crippen molar-refractivity contribution >= 4 is 17.6 Å². The van der Waals surface area contributed by atoms with Gasteiger partial charge in [-0.2, -0.15) is 4.80 Å². The Balaban J connectivity index is 1.56. The Morgan fingerprint density at radius 1 is 1.36 bits per heavy atom. The molecule has 3 heterocycles. The van der Waals surface area contributed by atoms with Gasteiger partial charge in [-0.1, -0.05) is 0 Å². The van der Waals surface area contributed by atoms with Gasteiger partial charge >= 0.3 is 5.97 Å². The van der Waals surface area contributed by atoms with Crippen molar-refractivity contribution < 1.29 is 9.90 Å². The maximum Gasteiger partial charge on any atom is 0.305 e. The molecule has 0 saturated carbocycles. The van der Waals surface area contributed by atoms with Crippen molar-refractivity contribution in [3.63, 3.8) is 0 Å². The van der Waals surface area contributed by atoms with Gasteiger partial charge in [-0.15, -0.1) is 10.2 Å². The maximum atomic E-state index is 10.6. The third kappa shape index (κ3) is 4.08. The van der Waals surface area contributed by atoms with E-state index >= 15 is 0 Å². The summed E-state index contributed by atoms with van der Waals surface area (Å²) < 4.78 is 0. The normalized spacial score (nSPS) is 15.3. The highest BCUT2D eigenvalue weighted by atomic mass is 16.4. The van der Waals surface area contributed by atoms with Crippen molar-refractivity contribution in [1.29, 1.82) is 5.41 Å². The molecule has 0 unspecified atom stereocenters. The summed E-state index contributed by atoms with van der Waals surface area (Å²) in [5.41, 5.74) is 6.05. The minimum Gasteiger partial charge on any atom is -0.481 e. The van der Waals surface area contributed by atoms with Gasteiger partial charge in [0.2, 0.25) is 0 Å². The minimum absolute atomic E-state index is 0.00909. The number of carboxylic acids is 1. The number of nitrogens with zero attached hydrogens (tertiary/aromatic N) is 6. The Labute approximate surface area is 144 Å². The Morgan fingerprint density at radius 2 is 2.12 bits per heavy atom. The molecule has 0 aliphatic carbocycles. The number of piperidine rings is 1. The van der Waals surface area contributed by atoms with Crippen LogP contribution in [0.1, 0.15) is 36.6 Å². The van der Waals surface area contributed by atoms with Gasteiger partial charge in [0.25, 0.3) is 0 Å². The second-order valence-corrected chi connectivity index (χ2v) is 5.97. The van der Waals surface area contributed by atoms with Crippen LogP contribution in [0.3, 0.4) is 0 Å². The van der Waals surface area contributed by atoms with Crippen LogP contribution in [-0.2, 0) is 11.3 Å². The predicted molar refractivity (Wildman–Crippen MR) is 89.5 cm³/mol. The van der Waals surface area contributed by atoms with E-state index < -0.39 is 5.97 Å². The number of aliphatic carboxylic acids is 1. The smallest absolute Gasteiger partial charge is 0.305 e. The third-order valence-corrected chi connectivity index (χ3v) is 4.24. The third-order valence-electron chi connectivity index (χ3n) is 4.24. The van der Waals surface area contributed by atoms with Gasteiger partial charge in [0.1, 0.15) is 11.7 Å². The number of nitrogens with one attached hydrogen (secondary N) is 1. The largest absolute Gasteiger partial charge is 0.481 e. The summed E-state index contributed by atoms with van der Waals surface area (Å²) >= 11 is 0. The molecule has 0 atom stereocenters. The molecule has 10 nitrogen and oxygen atoms in total. The molecule has 1 aliphatic heterocycles. The van der Waals surface area contributed by atoms with E-state index in [0.717, 1.165) is 31.7 Å². The SMILES string of the molecule is N=C(N)c1ccc(N2CCC(c3nnn(CCC(=O)O)n3)CC2)nc1. The Bertz CT molecular complexity index is 749. The van der Waals surface area contributed by atoms with Crippen LogP contribution in [0.5, 0.6) is 0 Å². The molecule has 0 amide bonds. The minimum atomic E-state index is -0.879. The second-order valence-electron chi connectivity index (χ2n) is 5.97. The number of aryl methyl sites for hydroxylation is 1. The number of nitrogens with two attached hydrogens (primary N) is 1. The zero-order valence-corrected chi connectivity index (χ0v) is 13.7. The summed E-state index contributed by atoms with van der Waals surface area (Å²) in [4.78, 5) is 18.5. The first-order chi connectivity index (χ1) is 12.0. The van der Waals surface area contributed by atoms with Crippen molar-refractivity contribution in [3.8, 4) is 0 Å². The van der Waals surface area contributed by atoms with Crippen LogP contribution in [0.15, 0.2) is 18.3 Å². The van der Waals surface area contributed by atoms with E-state index in [9.17, 15) is 4.79 Å². The summed E-state index contributed by atoms with van der Waals surface area (Å²) in [5.74, 6) is 0.878. The molecule has 2 aromatic heterocycles. The van der Waals surface area contributed by atoms with Crippen LogP contribution in [0.4, 0.5) is 5.82 Å². The fourth-order valence-corrected chi connectivity index (χ4v) is 2.81. The summed E-state index contributed by atoms with van der Waals surface area (Å²) in [6, 6.07) is 3.67.